The van der Waals surface area contributed by atoms with E-state index >= 15 is 0 Å². The Morgan fingerprint density at radius 3 is 0.768 bits per heavy atom. The van der Waals surface area contributed by atoms with Crippen LogP contribution in [0.1, 0.15) is 420 Å². The van der Waals surface area contributed by atoms with E-state index < -0.39 is 97.5 Å². The van der Waals surface area contributed by atoms with Gasteiger partial charge >= 0.3 is 39.5 Å². The van der Waals surface area contributed by atoms with Gasteiger partial charge in [0, 0.05) is 25.7 Å². The summed E-state index contributed by atoms with van der Waals surface area (Å²) in [4.78, 5) is 72.9. The summed E-state index contributed by atoms with van der Waals surface area (Å²) >= 11 is 0. The molecule has 3 unspecified atom stereocenters. The van der Waals surface area contributed by atoms with Crippen molar-refractivity contribution in [2.24, 2.45) is 11.8 Å². The van der Waals surface area contributed by atoms with Crippen molar-refractivity contribution in [3.8, 4) is 0 Å². The number of aliphatic hydroxyl groups is 1. The van der Waals surface area contributed by atoms with E-state index in [-0.39, 0.29) is 25.7 Å². The molecule has 0 aliphatic heterocycles. The predicted octanol–water partition coefficient (Wildman–Crippen LogP) is 23.9. The zero-order chi connectivity index (χ0) is 72.8. The first kappa shape index (κ1) is 97.1. The zero-order valence-corrected chi connectivity index (χ0v) is 66.6. The molecule has 0 aliphatic rings. The molecule has 6 atom stereocenters. The maximum Gasteiger partial charge on any atom is 0.472 e. The number of esters is 4. The summed E-state index contributed by atoms with van der Waals surface area (Å²) in [6, 6.07) is 0. The Morgan fingerprint density at radius 1 is 0.293 bits per heavy atom. The highest BCUT2D eigenvalue weighted by Crippen LogP contribution is 2.45. The van der Waals surface area contributed by atoms with Gasteiger partial charge in [0.15, 0.2) is 12.2 Å². The lowest BCUT2D eigenvalue weighted by molar-refractivity contribution is -0.161. The van der Waals surface area contributed by atoms with Crippen molar-refractivity contribution in [1.82, 2.24) is 0 Å². The minimum absolute atomic E-state index is 0.104. The Labute approximate surface area is 607 Å². The highest BCUT2D eigenvalue weighted by Gasteiger charge is 2.30. The van der Waals surface area contributed by atoms with Gasteiger partial charge < -0.3 is 33.8 Å². The molecule has 0 bridgehead atoms. The van der Waals surface area contributed by atoms with Crippen LogP contribution in [0.25, 0.3) is 0 Å². The lowest BCUT2D eigenvalue weighted by Crippen LogP contribution is -2.30. The average Bonchev–Trinajstić information content (AvgIpc) is 1.06. The number of carbonyl (C=O) groups excluding carboxylic acids is 4. The first-order valence-corrected chi connectivity index (χ1v) is 44.5. The van der Waals surface area contributed by atoms with Crippen LogP contribution in [-0.2, 0) is 65.4 Å². The van der Waals surface area contributed by atoms with Gasteiger partial charge in [0.25, 0.3) is 0 Å². The average molecular weight is 1450 g/mol. The lowest BCUT2D eigenvalue weighted by Gasteiger charge is -2.21. The minimum atomic E-state index is -4.96. The van der Waals surface area contributed by atoms with Gasteiger partial charge in [-0.15, -0.1) is 0 Å². The van der Waals surface area contributed by atoms with Crippen molar-refractivity contribution in [2.75, 3.05) is 39.6 Å². The molecular weight excluding hydrogens is 1290 g/mol. The summed E-state index contributed by atoms with van der Waals surface area (Å²) in [5.41, 5.74) is 0. The lowest BCUT2D eigenvalue weighted by atomic mass is 9.99. The monoisotopic (exact) mass is 1450 g/mol. The number of carbonyl (C=O) groups is 4. The number of unbranched alkanes of at least 4 members (excludes halogenated alkanes) is 48. The molecule has 0 aromatic heterocycles. The largest absolute Gasteiger partial charge is 0.472 e. The molecule has 0 radical (unpaired) electrons. The molecule has 19 heteroatoms. The predicted molar refractivity (Wildman–Crippen MR) is 405 cm³/mol. The van der Waals surface area contributed by atoms with Crippen molar-refractivity contribution >= 4 is 39.5 Å². The zero-order valence-electron chi connectivity index (χ0n) is 64.8. The van der Waals surface area contributed by atoms with Gasteiger partial charge in [0.05, 0.1) is 26.4 Å². The van der Waals surface area contributed by atoms with E-state index in [0.29, 0.717) is 31.6 Å². The second kappa shape index (κ2) is 71.7. The smallest absolute Gasteiger partial charge is 0.462 e. The first-order chi connectivity index (χ1) is 47.9. The van der Waals surface area contributed by atoms with Crippen molar-refractivity contribution < 1.29 is 80.2 Å². The van der Waals surface area contributed by atoms with Crippen LogP contribution in [0.5, 0.6) is 0 Å². The van der Waals surface area contributed by atoms with E-state index in [1.807, 2.05) is 0 Å². The molecule has 99 heavy (non-hydrogen) atoms. The van der Waals surface area contributed by atoms with Crippen molar-refractivity contribution in [2.45, 2.75) is 439 Å². The highest BCUT2D eigenvalue weighted by atomic mass is 31.2. The van der Waals surface area contributed by atoms with E-state index in [4.69, 9.17) is 37.0 Å². The van der Waals surface area contributed by atoms with Crippen molar-refractivity contribution in [3.05, 3.63) is 0 Å². The molecule has 0 saturated carbocycles. The van der Waals surface area contributed by atoms with Crippen molar-refractivity contribution in [1.29, 1.82) is 0 Å². The molecule has 0 spiro atoms. The van der Waals surface area contributed by atoms with Gasteiger partial charge in [-0.05, 0) is 37.5 Å². The summed E-state index contributed by atoms with van der Waals surface area (Å²) in [6.45, 7) is 9.56. The van der Waals surface area contributed by atoms with Gasteiger partial charge in [-0.3, -0.25) is 37.3 Å². The fourth-order valence-corrected chi connectivity index (χ4v) is 13.9. The topological polar surface area (TPSA) is 237 Å². The Kier molecular flexibility index (Phi) is 70.3. The third kappa shape index (κ3) is 72.8. The molecule has 0 aromatic carbocycles. The fourth-order valence-electron chi connectivity index (χ4n) is 12.3. The van der Waals surface area contributed by atoms with E-state index in [0.717, 1.165) is 102 Å². The maximum atomic E-state index is 13.1. The Bertz CT molecular complexity index is 1910. The molecular formula is C80H156O17P2. The summed E-state index contributed by atoms with van der Waals surface area (Å²) in [6.07, 6.45) is 61.2. The van der Waals surface area contributed by atoms with E-state index in [1.54, 1.807) is 0 Å². The standard InChI is InChI=1S/C80H156O17P2/c1-7-10-12-14-16-18-20-22-24-26-27-28-30-32-34-36-38-45-52-58-64-79(84)96-75(68-90-77(82)62-56-50-44-37-35-33-31-29-25-23-21-19-17-15-13-11-8-2)70-94-98(86,87)92-66-74(81)67-93-99(88,89)95-71-76(69-91-78(83)63-57-51-47-41-42-48-54-60-72(4)5)97-80(85)65-59-53-46-40-39-43-49-55-61-73(6)9-3/h72-76,81H,7-71H2,1-6H3,(H,86,87)(H,88,89)/t73?,74-,75-,76-/m1/s1. The Balaban J connectivity index is 5.22. The van der Waals surface area contributed by atoms with Gasteiger partial charge in [-0.2, -0.15) is 0 Å². The summed E-state index contributed by atoms with van der Waals surface area (Å²) in [5.74, 6) is -0.639. The van der Waals surface area contributed by atoms with Crippen LogP contribution in [-0.4, -0.2) is 96.7 Å². The van der Waals surface area contributed by atoms with Crippen LogP contribution in [0, 0.1) is 11.8 Å². The quantitative estimate of drug-likeness (QED) is 0.0222. The number of rotatable bonds is 79. The van der Waals surface area contributed by atoms with Gasteiger partial charge in [-0.25, -0.2) is 9.13 Å². The second-order valence-corrected chi connectivity index (χ2v) is 32.4. The number of hydrogen-bond acceptors (Lipinski definition) is 15. The Hall–Kier alpha value is -1.94. The molecule has 3 N–H and O–H groups in total. The van der Waals surface area contributed by atoms with Crippen LogP contribution in [0.4, 0.5) is 0 Å². The molecule has 17 nitrogen and oxygen atoms in total. The Morgan fingerprint density at radius 2 is 0.515 bits per heavy atom. The van der Waals surface area contributed by atoms with Gasteiger partial charge in [-0.1, -0.05) is 369 Å². The number of aliphatic hydroxyl groups excluding tert-OH is 1. The summed E-state index contributed by atoms with van der Waals surface area (Å²) in [5, 5.41) is 10.6. The minimum Gasteiger partial charge on any atom is -0.462 e. The molecule has 0 aromatic rings. The SMILES string of the molecule is CCCCCCCCCCCCCCCCCCCCCCC(=O)O[C@H](COC(=O)CCCCCCCCCCCCCCCCCCC)COP(=O)(O)OC[C@@H](O)COP(=O)(O)OC[C@@H](COC(=O)CCCCCCCCCC(C)C)OC(=O)CCCCCCCCCCC(C)CC. The van der Waals surface area contributed by atoms with Gasteiger partial charge in [0.1, 0.15) is 19.3 Å². The molecule has 0 amide bonds. The third-order valence-corrected chi connectivity index (χ3v) is 21.0. The van der Waals surface area contributed by atoms with Crippen LogP contribution in [0.3, 0.4) is 0 Å². The van der Waals surface area contributed by atoms with E-state index in [1.165, 1.54) is 231 Å². The van der Waals surface area contributed by atoms with Crippen LogP contribution < -0.4 is 0 Å². The normalized spacial score (nSPS) is 14.2. The molecule has 0 aliphatic carbocycles. The fraction of sp³-hybridized carbons (Fsp3) is 0.950. The van der Waals surface area contributed by atoms with E-state index in [9.17, 15) is 43.2 Å². The summed E-state index contributed by atoms with van der Waals surface area (Å²) in [7, 11) is -9.92. The van der Waals surface area contributed by atoms with Gasteiger partial charge in [0.2, 0.25) is 0 Å². The number of phosphoric ester groups is 2. The molecule has 0 fully saturated rings. The number of phosphoric acid groups is 2. The molecule has 0 heterocycles. The maximum absolute atomic E-state index is 13.1. The molecule has 588 valence electrons. The number of hydrogen-bond donors (Lipinski definition) is 3. The highest BCUT2D eigenvalue weighted by molar-refractivity contribution is 7.47. The first-order valence-electron chi connectivity index (χ1n) is 41.5. The molecule has 0 rings (SSSR count). The number of ether oxygens (including phenoxy) is 4. The van der Waals surface area contributed by atoms with Crippen LogP contribution in [0.2, 0.25) is 0 Å². The van der Waals surface area contributed by atoms with Crippen molar-refractivity contribution in [3.63, 3.8) is 0 Å². The van der Waals surface area contributed by atoms with Crippen LogP contribution in [0.15, 0.2) is 0 Å². The summed E-state index contributed by atoms with van der Waals surface area (Å²) < 4.78 is 68.7. The molecule has 0 saturated heterocycles. The second-order valence-electron chi connectivity index (χ2n) is 29.5. The van der Waals surface area contributed by atoms with E-state index in [2.05, 4.69) is 41.5 Å². The third-order valence-electron chi connectivity index (χ3n) is 19.1. The van der Waals surface area contributed by atoms with Crippen LogP contribution >= 0.6 is 15.6 Å².